The van der Waals surface area contributed by atoms with Crippen LogP contribution in [0.4, 0.5) is 5.82 Å². The van der Waals surface area contributed by atoms with Crippen molar-refractivity contribution in [1.82, 2.24) is 15.0 Å². The summed E-state index contributed by atoms with van der Waals surface area (Å²) in [6.45, 7) is 4.35. The van der Waals surface area contributed by atoms with E-state index < -0.39 is 0 Å². The number of anilines is 1. The number of hydrogen-bond acceptors (Lipinski definition) is 6. The van der Waals surface area contributed by atoms with E-state index in [0.29, 0.717) is 12.4 Å². The fourth-order valence-electron chi connectivity index (χ4n) is 2.52. The predicted molar refractivity (Wildman–Crippen MR) is 96.2 cm³/mol. The maximum atomic E-state index is 5.61. The highest BCUT2D eigenvalue weighted by molar-refractivity contribution is 7.21. The molecule has 1 N–H and O–H groups in total. The van der Waals surface area contributed by atoms with Crippen molar-refractivity contribution in [3.8, 4) is 10.4 Å². The van der Waals surface area contributed by atoms with Gasteiger partial charge >= 0.3 is 0 Å². The van der Waals surface area contributed by atoms with Crippen molar-refractivity contribution in [3.05, 3.63) is 60.1 Å². The molecule has 3 heterocycles. The third-order valence-corrected chi connectivity index (χ3v) is 4.96. The molecule has 0 aliphatic carbocycles. The van der Waals surface area contributed by atoms with E-state index in [1.54, 1.807) is 17.7 Å². The molecule has 1 aromatic carbocycles. The lowest BCUT2D eigenvalue weighted by Gasteiger charge is -2.03. The van der Waals surface area contributed by atoms with Crippen LogP contribution in [-0.4, -0.2) is 15.0 Å². The molecule has 0 fully saturated rings. The van der Waals surface area contributed by atoms with Gasteiger partial charge in [-0.05, 0) is 25.5 Å². The van der Waals surface area contributed by atoms with E-state index in [4.69, 9.17) is 4.42 Å². The van der Waals surface area contributed by atoms with Gasteiger partial charge < -0.3 is 9.73 Å². The second-order valence-electron chi connectivity index (χ2n) is 5.52. The maximum Gasteiger partial charge on any atom is 0.213 e. The predicted octanol–water partition coefficient (Wildman–Crippen LogP) is 4.58. The highest BCUT2D eigenvalue weighted by Gasteiger charge is 2.11. The normalized spacial score (nSPS) is 11.1. The van der Waals surface area contributed by atoms with Gasteiger partial charge in [-0.15, -0.1) is 11.3 Å². The van der Waals surface area contributed by atoms with E-state index in [9.17, 15) is 0 Å². The van der Waals surface area contributed by atoms with E-state index >= 15 is 0 Å². The topological polar surface area (TPSA) is 63.8 Å². The van der Waals surface area contributed by atoms with Crippen LogP contribution in [0.5, 0.6) is 0 Å². The lowest BCUT2D eigenvalue weighted by atomic mass is 10.2. The minimum absolute atomic E-state index is 0.497. The van der Waals surface area contributed by atoms with E-state index in [1.165, 1.54) is 10.4 Å². The Balaban J connectivity index is 1.64. The summed E-state index contributed by atoms with van der Waals surface area (Å²) in [7, 11) is 0. The number of rotatable bonds is 4. The van der Waals surface area contributed by atoms with Crippen molar-refractivity contribution < 1.29 is 4.42 Å². The molecular formula is C18H16N4OS. The third-order valence-electron chi connectivity index (χ3n) is 3.87. The van der Waals surface area contributed by atoms with Crippen molar-refractivity contribution in [2.24, 2.45) is 0 Å². The number of benzene rings is 1. The van der Waals surface area contributed by atoms with Gasteiger partial charge in [-0.25, -0.2) is 15.0 Å². The van der Waals surface area contributed by atoms with Crippen LogP contribution in [-0.2, 0) is 6.54 Å². The molecule has 0 saturated carbocycles. The maximum absolute atomic E-state index is 5.61. The summed E-state index contributed by atoms with van der Waals surface area (Å²) in [5, 5.41) is 4.32. The van der Waals surface area contributed by atoms with Crippen molar-refractivity contribution in [3.63, 3.8) is 0 Å². The fourth-order valence-corrected chi connectivity index (χ4v) is 3.52. The molecule has 0 unspecified atom stereocenters. The summed E-state index contributed by atoms with van der Waals surface area (Å²) in [6, 6.07) is 12.4. The molecule has 0 aliphatic rings. The summed E-state index contributed by atoms with van der Waals surface area (Å²) in [5.74, 6) is 2.31. The minimum Gasteiger partial charge on any atom is -0.444 e. The van der Waals surface area contributed by atoms with E-state index in [2.05, 4.69) is 38.5 Å². The number of oxazole rings is 1. The number of aryl methyl sites for hydroxylation is 2. The number of nitrogens with zero attached hydrogens (tertiary/aromatic N) is 3. The molecule has 120 valence electrons. The Morgan fingerprint density at radius 1 is 1.12 bits per heavy atom. The van der Waals surface area contributed by atoms with Gasteiger partial charge in [0.1, 0.15) is 22.7 Å². The molecule has 6 heteroatoms. The zero-order chi connectivity index (χ0) is 16.5. The largest absolute Gasteiger partial charge is 0.444 e. The molecule has 0 bridgehead atoms. The van der Waals surface area contributed by atoms with Crippen LogP contribution in [0, 0.1) is 13.8 Å². The van der Waals surface area contributed by atoms with Crippen LogP contribution >= 0.6 is 11.3 Å². The van der Waals surface area contributed by atoms with Gasteiger partial charge in [-0.2, -0.15) is 0 Å². The minimum atomic E-state index is 0.497. The molecule has 4 aromatic rings. The number of thiophene rings is 1. The molecule has 5 nitrogen and oxygen atoms in total. The summed E-state index contributed by atoms with van der Waals surface area (Å²) in [5.41, 5.74) is 2.10. The van der Waals surface area contributed by atoms with Gasteiger partial charge in [0, 0.05) is 4.88 Å². The van der Waals surface area contributed by atoms with E-state index in [0.717, 1.165) is 27.5 Å². The lowest BCUT2D eigenvalue weighted by molar-refractivity contribution is 0.478. The molecule has 0 spiro atoms. The Morgan fingerprint density at radius 3 is 2.71 bits per heavy atom. The van der Waals surface area contributed by atoms with Gasteiger partial charge in [0.2, 0.25) is 5.89 Å². The lowest BCUT2D eigenvalue weighted by Crippen LogP contribution is -2.02. The number of aromatic nitrogens is 3. The Morgan fingerprint density at radius 2 is 1.96 bits per heavy atom. The number of nitrogens with one attached hydrogen (secondary N) is 1. The van der Waals surface area contributed by atoms with Crippen LogP contribution < -0.4 is 5.32 Å². The van der Waals surface area contributed by atoms with Gasteiger partial charge in [-0.3, -0.25) is 0 Å². The Kier molecular flexibility index (Phi) is 3.74. The molecule has 0 atom stereocenters. The molecule has 3 aromatic heterocycles. The standard InChI is InChI=1S/C18H16N4OS/c1-11-12(2)23-16(22-11)9-19-17-14-8-15(13-6-4-3-5-7-13)24-18(14)21-10-20-17/h3-8,10H,9H2,1-2H3,(H,19,20,21). The summed E-state index contributed by atoms with van der Waals surface area (Å²) < 4.78 is 5.61. The Labute approximate surface area is 143 Å². The molecule has 0 saturated heterocycles. The average Bonchev–Trinajstić information content (AvgIpc) is 3.17. The van der Waals surface area contributed by atoms with Gasteiger partial charge in [0.05, 0.1) is 17.6 Å². The van der Waals surface area contributed by atoms with Crippen LogP contribution in [0.1, 0.15) is 17.3 Å². The van der Waals surface area contributed by atoms with Crippen molar-refractivity contribution in [1.29, 1.82) is 0 Å². The fraction of sp³-hybridized carbons (Fsp3) is 0.167. The molecule has 24 heavy (non-hydrogen) atoms. The van der Waals surface area contributed by atoms with Crippen LogP contribution in [0.2, 0.25) is 0 Å². The first kappa shape index (κ1) is 14.8. The third kappa shape index (κ3) is 2.76. The van der Waals surface area contributed by atoms with Gasteiger partial charge in [-0.1, -0.05) is 30.3 Å². The quantitative estimate of drug-likeness (QED) is 0.591. The SMILES string of the molecule is Cc1nc(CNc2ncnc3sc(-c4ccccc4)cc23)oc1C. The zero-order valence-corrected chi connectivity index (χ0v) is 14.2. The zero-order valence-electron chi connectivity index (χ0n) is 13.4. The molecule has 0 radical (unpaired) electrons. The molecule has 4 rings (SSSR count). The smallest absolute Gasteiger partial charge is 0.213 e. The van der Waals surface area contributed by atoms with Crippen LogP contribution in [0.15, 0.2) is 47.1 Å². The highest BCUT2D eigenvalue weighted by atomic mass is 32.1. The summed E-state index contributed by atoms with van der Waals surface area (Å²) in [6.07, 6.45) is 1.59. The first-order valence-electron chi connectivity index (χ1n) is 7.67. The van der Waals surface area contributed by atoms with Gasteiger partial charge in [0.25, 0.3) is 0 Å². The average molecular weight is 336 g/mol. The number of hydrogen-bond donors (Lipinski definition) is 1. The van der Waals surface area contributed by atoms with Crippen LogP contribution in [0.3, 0.4) is 0 Å². The highest BCUT2D eigenvalue weighted by Crippen LogP contribution is 2.34. The first-order valence-corrected chi connectivity index (χ1v) is 8.49. The molecule has 0 aliphatic heterocycles. The second-order valence-corrected chi connectivity index (χ2v) is 6.55. The molecule has 0 amide bonds. The summed E-state index contributed by atoms with van der Waals surface area (Å²) in [4.78, 5) is 15.3. The Bertz CT molecular complexity index is 971. The Hall–Kier alpha value is -2.73. The first-order chi connectivity index (χ1) is 11.7. The van der Waals surface area contributed by atoms with Crippen molar-refractivity contribution in [2.75, 3.05) is 5.32 Å². The van der Waals surface area contributed by atoms with Gasteiger partial charge in [0.15, 0.2) is 0 Å². The summed E-state index contributed by atoms with van der Waals surface area (Å²) >= 11 is 1.66. The van der Waals surface area contributed by atoms with Crippen molar-refractivity contribution in [2.45, 2.75) is 20.4 Å². The number of fused-ring (bicyclic) bond motifs is 1. The monoisotopic (exact) mass is 336 g/mol. The van der Waals surface area contributed by atoms with Crippen molar-refractivity contribution >= 4 is 27.4 Å². The van der Waals surface area contributed by atoms with E-state index in [1.807, 2.05) is 32.0 Å². The second kappa shape index (κ2) is 6.05. The van der Waals surface area contributed by atoms with Crippen LogP contribution in [0.25, 0.3) is 20.7 Å². The molecular weight excluding hydrogens is 320 g/mol. The van der Waals surface area contributed by atoms with E-state index in [-0.39, 0.29) is 0 Å².